The van der Waals surface area contributed by atoms with Crippen molar-refractivity contribution in [2.45, 2.75) is 76.8 Å². The minimum Gasteiger partial charge on any atom is -0.466 e. The second kappa shape index (κ2) is 22.4. The van der Waals surface area contributed by atoms with Crippen LogP contribution in [-0.4, -0.2) is 105 Å². The lowest BCUT2D eigenvalue weighted by Crippen LogP contribution is -2.55. The summed E-state index contributed by atoms with van der Waals surface area (Å²) in [4.78, 5) is 64.5. The van der Waals surface area contributed by atoms with Crippen LogP contribution in [-0.2, 0) is 38.7 Å². The van der Waals surface area contributed by atoms with Gasteiger partial charge in [0.25, 0.3) is 0 Å². The van der Waals surface area contributed by atoms with Gasteiger partial charge in [0.15, 0.2) is 0 Å². The molecule has 6 N–H and O–H groups in total. The van der Waals surface area contributed by atoms with Gasteiger partial charge in [0.05, 0.1) is 32.3 Å². The van der Waals surface area contributed by atoms with Crippen molar-refractivity contribution in [1.82, 2.24) is 20.9 Å². The largest absolute Gasteiger partial charge is 0.466 e. The Labute approximate surface area is 292 Å². The Bertz CT molecular complexity index is 1170. The summed E-state index contributed by atoms with van der Waals surface area (Å²) in [6.45, 7) is 10.4. The van der Waals surface area contributed by atoms with Crippen LogP contribution in [0, 0.1) is 11.8 Å². The van der Waals surface area contributed by atoms with Crippen LogP contribution in [0.3, 0.4) is 0 Å². The fourth-order valence-electron chi connectivity index (χ4n) is 5.30. The standard InChI is InChI=1S/C33H53BrN6O8/c1-5-48-32(44)25-12-14-40(23(4)19-25)15-16-46-17-18-47-21-28(41)39-29(22(2)3)31(43)38-27(7-6-13-36-33(35)45)30(42)37-26-10-8-24(20-34)9-11-26/h8-11,22-23,25,27,29H,5-7,12-21H2,1-4H3,(H,37,42)(H,38,43)(H,39,41)(H3,35,36,45)/t23?,25?,27-,29-/m0/s1. The average molecular weight is 742 g/mol. The lowest BCUT2D eigenvalue weighted by Gasteiger charge is -2.36. The number of carbonyl (C=O) groups excluding carboxylic acids is 5. The van der Waals surface area contributed by atoms with E-state index in [-0.39, 0.29) is 50.0 Å². The van der Waals surface area contributed by atoms with Crippen molar-refractivity contribution in [3.05, 3.63) is 29.8 Å². The Hall–Kier alpha value is -3.27. The number of amides is 5. The minimum atomic E-state index is -0.929. The lowest BCUT2D eigenvalue weighted by molar-refractivity contribution is -0.150. The molecule has 48 heavy (non-hydrogen) atoms. The van der Waals surface area contributed by atoms with E-state index in [0.29, 0.717) is 37.3 Å². The van der Waals surface area contributed by atoms with Gasteiger partial charge in [-0.2, -0.15) is 0 Å². The molecule has 2 rings (SSSR count). The lowest BCUT2D eigenvalue weighted by atomic mass is 9.92. The van der Waals surface area contributed by atoms with E-state index in [0.717, 1.165) is 31.5 Å². The number of hydrogen-bond acceptors (Lipinski definition) is 9. The van der Waals surface area contributed by atoms with E-state index < -0.39 is 35.8 Å². The second-order valence-electron chi connectivity index (χ2n) is 12.1. The highest BCUT2D eigenvalue weighted by Crippen LogP contribution is 2.23. The number of nitrogens with two attached hydrogens (primary N) is 1. The first-order chi connectivity index (χ1) is 22.9. The molecule has 0 aromatic heterocycles. The van der Waals surface area contributed by atoms with Gasteiger partial charge >= 0.3 is 12.0 Å². The fourth-order valence-corrected chi connectivity index (χ4v) is 5.67. The van der Waals surface area contributed by atoms with Gasteiger partial charge < -0.3 is 41.2 Å². The number of rotatable bonds is 21. The van der Waals surface area contributed by atoms with Crippen LogP contribution < -0.4 is 27.0 Å². The van der Waals surface area contributed by atoms with E-state index in [9.17, 15) is 24.0 Å². The van der Waals surface area contributed by atoms with Gasteiger partial charge in [0.2, 0.25) is 17.7 Å². The molecule has 0 aliphatic carbocycles. The van der Waals surface area contributed by atoms with Crippen LogP contribution in [0.4, 0.5) is 10.5 Å². The third-order valence-electron chi connectivity index (χ3n) is 8.00. The van der Waals surface area contributed by atoms with Gasteiger partial charge in [-0.3, -0.25) is 24.1 Å². The molecule has 1 aliphatic rings. The highest BCUT2D eigenvalue weighted by Gasteiger charge is 2.31. The zero-order valence-corrected chi connectivity index (χ0v) is 30.1. The van der Waals surface area contributed by atoms with Crippen molar-refractivity contribution >= 4 is 51.3 Å². The van der Waals surface area contributed by atoms with Crippen molar-refractivity contribution in [3.63, 3.8) is 0 Å². The molecule has 0 saturated carbocycles. The van der Waals surface area contributed by atoms with Crippen LogP contribution in [0.25, 0.3) is 0 Å². The monoisotopic (exact) mass is 740 g/mol. The molecule has 5 amide bonds. The molecule has 1 aromatic carbocycles. The van der Waals surface area contributed by atoms with Crippen LogP contribution >= 0.6 is 15.9 Å². The Balaban J connectivity index is 1.78. The Morgan fingerprint density at radius 2 is 1.73 bits per heavy atom. The van der Waals surface area contributed by atoms with E-state index in [1.807, 2.05) is 19.1 Å². The molecule has 1 heterocycles. The van der Waals surface area contributed by atoms with Gasteiger partial charge in [-0.15, -0.1) is 0 Å². The van der Waals surface area contributed by atoms with Crippen molar-refractivity contribution in [2.24, 2.45) is 17.6 Å². The molecular formula is C33H53BrN6O8. The molecule has 1 saturated heterocycles. The first kappa shape index (κ1) is 40.9. The molecule has 0 spiro atoms. The summed E-state index contributed by atoms with van der Waals surface area (Å²) in [7, 11) is 0. The van der Waals surface area contributed by atoms with Crippen LogP contribution in [0.1, 0.15) is 58.9 Å². The topological polar surface area (TPSA) is 190 Å². The number of esters is 1. The molecule has 1 fully saturated rings. The van der Waals surface area contributed by atoms with Crippen molar-refractivity contribution in [1.29, 1.82) is 0 Å². The zero-order valence-electron chi connectivity index (χ0n) is 28.6. The number of hydrogen-bond donors (Lipinski definition) is 5. The molecule has 4 atom stereocenters. The van der Waals surface area contributed by atoms with Crippen molar-refractivity contribution < 1.29 is 38.2 Å². The van der Waals surface area contributed by atoms with Crippen LogP contribution in [0.5, 0.6) is 0 Å². The molecule has 0 bridgehead atoms. The fraction of sp³-hybridized carbons (Fsp3) is 0.667. The summed E-state index contributed by atoms with van der Waals surface area (Å²) in [6, 6.07) is 5.00. The first-order valence-electron chi connectivity index (χ1n) is 16.6. The number of piperidine rings is 1. The predicted octanol–water partition coefficient (Wildman–Crippen LogP) is 2.29. The maximum absolute atomic E-state index is 13.3. The van der Waals surface area contributed by atoms with Crippen LogP contribution in [0.2, 0.25) is 0 Å². The van der Waals surface area contributed by atoms with E-state index in [4.69, 9.17) is 19.9 Å². The first-order valence-corrected chi connectivity index (χ1v) is 17.7. The number of anilines is 1. The second-order valence-corrected chi connectivity index (χ2v) is 12.7. The number of primary amides is 1. The smallest absolute Gasteiger partial charge is 0.312 e. The van der Waals surface area contributed by atoms with E-state index in [1.165, 1.54) is 0 Å². The Morgan fingerprint density at radius 3 is 2.35 bits per heavy atom. The Morgan fingerprint density at radius 1 is 1.02 bits per heavy atom. The average Bonchev–Trinajstić information content (AvgIpc) is 3.05. The van der Waals surface area contributed by atoms with Crippen molar-refractivity contribution in [3.8, 4) is 0 Å². The maximum Gasteiger partial charge on any atom is 0.312 e. The number of nitrogens with one attached hydrogen (secondary N) is 4. The molecule has 14 nitrogen and oxygen atoms in total. The molecule has 270 valence electrons. The Kier molecular flexibility index (Phi) is 19.1. The minimum absolute atomic E-state index is 0.0522. The summed E-state index contributed by atoms with van der Waals surface area (Å²) in [5.74, 6) is -1.86. The van der Waals surface area contributed by atoms with E-state index >= 15 is 0 Å². The van der Waals surface area contributed by atoms with Gasteiger partial charge in [-0.05, 0) is 69.7 Å². The molecule has 15 heteroatoms. The normalized spacial score (nSPS) is 17.6. The summed E-state index contributed by atoms with van der Waals surface area (Å²) in [5, 5.41) is 11.4. The summed E-state index contributed by atoms with van der Waals surface area (Å²) in [6.07, 6.45) is 2.14. The summed E-state index contributed by atoms with van der Waals surface area (Å²) >= 11 is 3.39. The maximum atomic E-state index is 13.3. The number of nitrogens with zero attached hydrogens (tertiary/aromatic N) is 1. The number of alkyl halides is 1. The SMILES string of the molecule is CCOC(=O)C1CCN(CCOCCOCC(=O)N[C@H](C(=O)N[C@@H](CCCNC(N)=O)C(=O)Nc2ccc(CBr)cc2)C(C)C)C(C)C1. The number of carbonyl (C=O) groups is 5. The van der Waals surface area contributed by atoms with Gasteiger partial charge in [-0.1, -0.05) is 41.9 Å². The quantitative estimate of drug-likeness (QED) is 0.0715. The number of halogens is 1. The summed E-state index contributed by atoms with van der Waals surface area (Å²) in [5.41, 5.74) is 6.75. The number of ether oxygens (including phenoxy) is 3. The molecule has 0 radical (unpaired) electrons. The molecule has 1 aromatic rings. The molecule has 1 aliphatic heterocycles. The van der Waals surface area contributed by atoms with Gasteiger partial charge in [0.1, 0.15) is 18.7 Å². The number of urea groups is 1. The third-order valence-corrected chi connectivity index (χ3v) is 8.65. The number of likely N-dealkylation sites (tertiary alicyclic amines) is 1. The van der Waals surface area contributed by atoms with Gasteiger partial charge in [0, 0.05) is 30.1 Å². The summed E-state index contributed by atoms with van der Waals surface area (Å²) < 4.78 is 16.3. The van der Waals surface area contributed by atoms with Gasteiger partial charge in [-0.25, -0.2) is 4.79 Å². The molecular weight excluding hydrogens is 688 g/mol. The van der Waals surface area contributed by atoms with Crippen LogP contribution in [0.15, 0.2) is 24.3 Å². The third kappa shape index (κ3) is 15.3. The highest BCUT2D eigenvalue weighted by atomic mass is 79.9. The predicted molar refractivity (Wildman–Crippen MR) is 185 cm³/mol. The van der Waals surface area contributed by atoms with E-state index in [1.54, 1.807) is 26.0 Å². The van der Waals surface area contributed by atoms with Crippen molar-refractivity contribution in [2.75, 3.05) is 58.0 Å². The number of benzene rings is 1. The molecule has 2 unspecified atom stereocenters. The zero-order chi connectivity index (χ0) is 35.5. The highest BCUT2D eigenvalue weighted by molar-refractivity contribution is 9.08. The van der Waals surface area contributed by atoms with E-state index in [2.05, 4.69) is 49.0 Å².